The molecule has 14 heavy (non-hydrogen) atoms. The van der Waals surface area contributed by atoms with Crippen LogP contribution in [-0.4, -0.2) is 42.5 Å². The van der Waals surface area contributed by atoms with E-state index < -0.39 is 7.12 Å². The molecule has 0 aliphatic rings. The minimum Gasteiger partial charge on any atom is -0.490 e. The van der Waals surface area contributed by atoms with E-state index in [0.717, 1.165) is 0 Å². The Morgan fingerprint density at radius 3 is 2.86 bits per heavy atom. The molecule has 0 aromatic carbocycles. The Hall–Kier alpha value is -1.11. The Labute approximate surface area is 82.5 Å². The normalized spacial score (nSPS) is 9.93. The van der Waals surface area contributed by atoms with E-state index in [2.05, 4.69) is 4.98 Å². The molecule has 5 nitrogen and oxygen atoms in total. The maximum Gasteiger partial charge on any atom is 0.492 e. The van der Waals surface area contributed by atoms with Crippen LogP contribution < -0.4 is 10.2 Å². The molecule has 2 N–H and O–H groups in total. The lowest BCUT2D eigenvalue weighted by molar-refractivity contribution is 0.146. The van der Waals surface area contributed by atoms with Crippen LogP contribution in [-0.2, 0) is 4.74 Å². The molecule has 0 fully saturated rings. The second-order valence-electron chi connectivity index (χ2n) is 2.63. The maximum atomic E-state index is 8.98. The Bertz CT molecular complexity index is 282. The molecule has 6 heteroatoms. The smallest absolute Gasteiger partial charge is 0.490 e. The topological polar surface area (TPSA) is 71.8 Å². The first-order chi connectivity index (χ1) is 6.75. The summed E-state index contributed by atoms with van der Waals surface area (Å²) < 4.78 is 10.0. The molecule has 0 radical (unpaired) electrons. The molecule has 0 aliphatic carbocycles. The summed E-state index contributed by atoms with van der Waals surface area (Å²) in [6.07, 6.45) is 2.91. The van der Waals surface area contributed by atoms with E-state index in [1.54, 1.807) is 7.11 Å². The van der Waals surface area contributed by atoms with Gasteiger partial charge in [0, 0.05) is 18.8 Å². The molecule has 0 aliphatic heterocycles. The second-order valence-corrected chi connectivity index (χ2v) is 2.63. The lowest BCUT2D eigenvalue weighted by atomic mass is 9.80. The minimum absolute atomic E-state index is 0.302. The van der Waals surface area contributed by atoms with Crippen molar-refractivity contribution in [2.24, 2.45) is 0 Å². The molecular formula is C8H12BNO4. The van der Waals surface area contributed by atoms with Gasteiger partial charge in [-0.2, -0.15) is 0 Å². The SMILES string of the molecule is COCCOc1cnccc1B(O)O. The molecule has 0 bridgehead atoms. The quantitative estimate of drug-likeness (QED) is 0.457. The number of pyridine rings is 1. The third-order valence-electron chi connectivity index (χ3n) is 1.64. The lowest BCUT2D eigenvalue weighted by Gasteiger charge is -2.09. The average molecular weight is 197 g/mol. The van der Waals surface area contributed by atoms with Gasteiger partial charge < -0.3 is 19.5 Å². The summed E-state index contributed by atoms with van der Waals surface area (Å²) >= 11 is 0. The lowest BCUT2D eigenvalue weighted by Crippen LogP contribution is -2.31. The highest BCUT2D eigenvalue weighted by atomic mass is 16.5. The number of methoxy groups -OCH3 is 1. The Morgan fingerprint density at radius 2 is 2.21 bits per heavy atom. The van der Waals surface area contributed by atoms with Crippen LogP contribution in [0.5, 0.6) is 5.75 Å². The van der Waals surface area contributed by atoms with E-state index in [1.165, 1.54) is 18.5 Å². The fourth-order valence-electron chi connectivity index (χ4n) is 0.960. The molecule has 0 unspecified atom stereocenters. The molecule has 1 aromatic rings. The maximum absolute atomic E-state index is 8.98. The highest BCUT2D eigenvalue weighted by molar-refractivity contribution is 6.59. The summed E-state index contributed by atoms with van der Waals surface area (Å²) in [5.74, 6) is 0.361. The number of rotatable bonds is 5. The van der Waals surface area contributed by atoms with Gasteiger partial charge in [-0.05, 0) is 6.07 Å². The highest BCUT2D eigenvalue weighted by Gasteiger charge is 2.16. The van der Waals surface area contributed by atoms with Crippen molar-refractivity contribution in [2.45, 2.75) is 0 Å². The Kier molecular flexibility index (Phi) is 4.38. The minimum atomic E-state index is -1.55. The van der Waals surface area contributed by atoms with Crippen LogP contribution in [0.15, 0.2) is 18.5 Å². The van der Waals surface area contributed by atoms with Crippen molar-refractivity contribution in [3.63, 3.8) is 0 Å². The average Bonchev–Trinajstić information content (AvgIpc) is 2.19. The van der Waals surface area contributed by atoms with E-state index >= 15 is 0 Å². The highest BCUT2D eigenvalue weighted by Crippen LogP contribution is 2.04. The molecule has 0 saturated heterocycles. The number of hydrogen-bond acceptors (Lipinski definition) is 5. The first-order valence-electron chi connectivity index (χ1n) is 4.17. The standard InChI is InChI=1S/C8H12BNO4/c1-13-4-5-14-8-6-10-3-2-7(8)9(11)12/h2-3,6,11-12H,4-5H2,1H3. The van der Waals surface area contributed by atoms with Gasteiger partial charge in [0.1, 0.15) is 12.4 Å². The first kappa shape index (κ1) is 11.0. The van der Waals surface area contributed by atoms with Gasteiger partial charge in [-0.3, -0.25) is 4.98 Å². The molecule has 0 amide bonds. The van der Waals surface area contributed by atoms with Gasteiger partial charge >= 0.3 is 7.12 Å². The van der Waals surface area contributed by atoms with E-state index in [1.807, 2.05) is 0 Å². The van der Waals surface area contributed by atoms with E-state index in [-0.39, 0.29) is 0 Å². The van der Waals surface area contributed by atoms with Crippen molar-refractivity contribution in [1.29, 1.82) is 0 Å². The molecule has 0 atom stereocenters. The zero-order valence-electron chi connectivity index (χ0n) is 7.88. The van der Waals surface area contributed by atoms with Crippen molar-refractivity contribution >= 4 is 12.6 Å². The second kappa shape index (κ2) is 5.59. The van der Waals surface area contributed by atoms with Crippen LogP contribution in [0, 0.1) is 0 Å². The van der Waals surface area contributed by atoms with Crippen molar-refractivity contribution in [2.75, 3.05) is 20.3 Å². The number of aromatic nitrogens is 1. The van der Waals surface area contributed by atoms with Crippen molar-refractivity contribution < 1.29 is 19.5 Å². The molecule has 1 rings (SSSR count). The third-order valence-corrected chi connectivity index (χ3v) is 1.64. The summed E-state index contributed by atoms with van der Waals surface area (Å²) in [4.78, 5) is 3.82. The molecule has 76 valence electrons. The monoisotopic (exact) mass is 197 g/mol. The van der Waals surface area contributed by atoms with Gasteiger partial charge in [-0.15, -0.1) is 0 Å². The van der Waals surface area contributed by atoms with Crippen LogP contribution in [0.2, 0.25) is 0 Å². The van der Waals surface area contributed by atoms with Gasteiger partial charge in [-0.1, -0.05) is 0 Å². The fraction of sp³-hybridized carbons (Fsp3) is 0.375. The number of ether oxygens (including phenoxy) is 2. The molecule has 1 heterocycles. The third kappa shape index (κ3) is 2.99. The van der Waals surface area contributed by atoms with Gasteiger partial charge in [-0.25, -0.2) is 0 Å². The van der Waals surface area contributed by atoms with Crippen LogP contribution in [0.4, 0.5) is 0 Å². The van der Waals surface area contributed by atoms with Crippen molar-refractivity contribution in [3.05, 3.63) is 18.5 Å². The van der Waals surface area contributed by atoms with Gasteiger partial charge in [0.2, 0.25) is 0 Å². The zero-order valence-corrected chi connectivity index (χ0v) is 7.88. The molecule has 0 spiro atoms. The van der Waals surface area contributed by atoms with Crippen LogP contribution >= 0.6 is 0 Å². The molecule has 0 saturated carbocycles. The van der Waals surface area contributed by atoms with Crippen LogP contribution in [0.25, 0.3) is 0 Å². The fourth-order valence-corrected chi connectivity index (χ4v) is 0.960. The summed E-state index contributed by atoms with van der Waals surface area (Å²) in [7, 11) is 0.0181. The van der Waals surface area contributed by atoms with Crippen molar-refractivity contribution in [3.8, 4) is 5.75 Å². The van der Waals surface area contributed by atoms with Crippen LogP contribution in [0.3, 0.4) is 0 Å². The van der Waals surface area contributed by atoms with Crippen molar-refractivity contribution in [1.82, 2.24) is 4.98 Å². The largest absolute Gasteiger partial charge is 0.492 e. The summed E-state index contributed by atoms with van der Waals surface area (Å²) in [6.45, 7) is 0.789. The zero-order chi connectivity index (χ0) is 10.4. The van der Waals surface area contributed by atoms with E-state index in [9.17, 15) is 0 Å². The van der Waals surface area contributed by atoms with Crippen LogP contribution in [0.1, 0.15) is 0 Å². The summed E-state index contributed by atoms with van der Waals surface area (Å²) in [6, 6.07) is 1.49. The number of hydrogen-bond donors (Lipinski definition) is 2. The summed E-state index contributed by atoms with van der Waals surface area (Å²) in [5.41, 5.74) is 0.302. The van der Waals surface area contributed by atoms with Gasteiger partial charge in [0.25, 0.3) is 0 Å². The molecule has 1 aromatic heterocycles. The summed E-state index contributed by atoms with van der Waals surface area (Å²) in [5, 5.41) is 18.0. The van der Waals surface area contributed by atoms with E-state index in [0.29, 0.717) is 24.4 Å². The predicted octanol–water partition coefficient (Wildman–Crippen LogP) is -1.21. The predicted molar refractivity (Wildman–Crippen MR) is 51.4 cm³/mol. The van der Waals surface area contributed by atoms with Gasteiger partial charge in [0.05, 0.1) is 12.8 Å². The number of nitrogens with zero attached hydrogens (tertiary/aromatic N) is 1. The van der Waals surface area contributed by atoms with Gasteiger partial charge in [0.15, 0.2) is 0 Å². The Morgan fingerprint density at radius 1 is 1.43 bits per heavy atom. The Balaban J connectivity index is 2.64. The first-order valence-corrected chi connectivity index (χ1v) is 4.17. The van der Waals surface area contributed by atoms with E-state index in [4.69, 9.17) is 19.5 Å². The molecular weight excluding hydrogens is 185 g/mol.